The van der Waals surface area contributed by atoms with Crippen molar-refractivity contribution >= 4 is 22.9 Å². The Hall–Kier alpha value is -1.09. The number of nitrogens with one attached hydrogen (secondary N) is 1. The van der Waals surface area contributed by atoms with Gasteiger partial charge < -0.3 is 11.1 Å². The molecule has 0 bridgehead atoms. The summed E-state index contributed by atoms with van der Waals surface area (Å²) in [5, 5.41) is 3.52. The quantitative estimate of drug-likeness (QED) is 0.769. The molecule has 0 radical (unpaired) electrons. The summed E-state index contributed by atoms with van der Waals surface area (Å²) in [6.07, 6.45) is 5.16. The largest absolute Gasteiger partial charge is 0.389 e. The zero-order valence-corrected chi connectivity index (χ0v) is 9.52. The average Bonchev–Trinajstić information content (AvgIpc) is 2.71. The minimum atomic E-state index is 0.469. The van der Waals surface area contributed by atoms with Crippen molar-refractivity contribution in [3.63, 3.8) is 0 Å². The second-order valence-corrected chi connectivity index (χ2v) is 4.48. The van der Waals surface area contributed by atoms with Crippen molar-refractivity contribution in [1.82, 2.24) is 0 Å². The van der Waals surface area contributed by atoms with Crippen LogP contribution in [0.15, 0.2) is 24.3 Å². The molecule has 2 nitrogen and oxygen atoms in total. The van der Waals surface area contributed by atoms with Crippen molar-refractivity contribution < 1.29 is 0 Å². The van der Waals surface area contributed by atoms with Crippen LogP contribution in [0.3, 0.4) is 0 Å². The van der Waals surface area contributed by atoms with Gasteiger partial charge in [-0.25, -0.2) is 0 Å². The molecule has 0 unspecified atom stereocenters. The van der Waals surface area contributed by atoms with Gasteiger partial charge in [-0.15, -0.1) is 0 Å². The maximum atomic E-state index is 5.68. The van der Waals surface area contributed by atoms with Gasteiger partial charge in [0.2, 0.25) is 0 Å². The number of para-hydroxylation sites is 1. The Balaban J connectivity index is 2.15. The Kier molecular flexibility index (Phi) is 3.21. The first-order chi connectivity index (χ1) is 7.27. The lowest BCUT2D eigenvalue weighted by molar-refractivity contribution is 0.755. The van der Waals surface area contributed by atoms with E-state index in [0.29, 0.717) is 11.0 Å². The molecule has 80 valence electrons. The van der Waals surface area contributed by atoms with E-state index in [4.69, 9.17) is 18.0 Å². The molecule has 1 aromatic rings. The average molecular weight is 220 g/mol. The van der Waals surface area contributed by atoms with E-state index in [1.807, 2.05) is 24.3 Å². The van der Waals surface area contributed by atoms with Gasteiger partial charge in [0, 0.05) is 17.3 Å². The zero-order valence-electron chi connectivity index (χ0n) is 8.70. The van der Waals surface area contributed by atoms with Crippen LogP contribution in [0, 0.1) is 0 Å². The van der Waals surface area contributed by atoms with Crippen LogP contribution in [0.1, 0.15) is 31.2 Å². The van der Waals surface area contributed by atoms with Gasteiger partial charge in [0.05, 0.1) is 0 Å². The molecule has 0 amide bonds. The van der Waals surface area contributed by atoms with Gasteiger partial charge in [-0.2, -0.15) is 0 Å². The molecule has 1 saturated carbocycles. The van der Waals surface area contributed by atoms with E-state index in [0.717, 1.165) is 11.3 Å². The molecule has 15 heavy (non-hydrogen) atoms. The number of benzene rings is 1. The second kappa shape index (κ2) is 4.62. The van der Waals surface area contributed by atoms with E-state index >= 15 is 0 Å². The number of rotatable bonds is 3. The Morgan fingerprint density at radius 3 is 2.60 bits per heavy atom. The number of hydrogen-bond acceptors (Lipinski definition) is 2. The molecule has 1 fully saturated rings. The van der Waals surface area contributed by atoms with E-state index in [9.17, 15) is 0 Å². The number of nitrogens with two attached hydrogens (primary N) is 1. The fraction of sp³-hybridized carbons (Fsp3) is 0.417. The minimum absolute atomic E-state index is 0.469. The van der Waals surface area contributed by atoms with Crippen molar-refractivity contribution in [2.45, 2.75) is 31.7 Å². The Morgan fingerprint density at radius 2 is 1.93 bits per heavy atom. The minimum Gasteiger partial charge on any atom is -0.389 e. The molecule has 3 heteroatoms. The maximum Gasteiger partial charge on any atom is 0.106 e. The molecule has 0 spiro atoms. The smallest absolute Gasteiger partial charge is 0.106 e. The van der Waals surface area contributed by atoms with Crippen LogP contribution in [0.5, 0.6) is 0 Å². The highest BCUT2D eigenvalue weighted by atomic mass is 32.1. The fourth-order valence-electron chi connectivity index (χ4n) is 2.11. The third-order valence-corrected chi connectivity index (χ3v) is 3.13. The van der Waals surface area contributed by atoms with Crippen molar-refractivity contribution in [2.75, 3.05) is 5.32 Å². The third-order valence-electron chi connectivity index (χ3n) is 2.91. The van der Waals surface area contributed by atoms with E-state index < -0.39 is 0 Å². The Labute approximate surface area is 95.9 Å². The highest BCUT2D eigenvalue weighted by molar-refractivity contribution is 7.80. The van der Waals surface area contributed by atoms with Crippen molar-refractivity contribution in [1.29, 1.82) is 0 Å². The van der Waals surface area contributed by atoms with Crippen LogP contribution in [-0.4, -0.2) is 11.0 Å². The third kappa shape index (κ3) is 2.48. The Morgan fingerprint density at radius 1 is 1.27 bits per heavy atom. The van der Waals surface area contributed by atoms with E-state index in [1.54, 1.807) is 0 Å². The molecule has 1 aliphatic carbocycles. The standard InChI is InChI=1S/C12H16N2S/c13-12(15)10-7-3-4-8-11(10)14-9-5-1-2-6-9/h3-4,7-9,14H,1-2,5-6H2,(H2,13,15). The summed E-state index contributed by atoms with van der Waals surface area (Å²) in [6.45, 7) is 0. The molecule has 1 aromatic carbocycles. The summed E-state index contributed by atoms with van der Waals surface area (Å²) in [6, 6.07) is 8.60. The summed E-state index contributed by atoms with van der Waals surface area (Å²) >= 11 is 5.03. The first-order valence-corrected chi connectivity index (χ1v) is 5.83. The zero-order chi connectivity index (χ0) is 10.7. The van der Waals surface area contributed by atoms with Crippen molar-refractivity contribution in [3.05, 3.63) is 29.8 Å². The van der Waals surface area contributed by atoms with Crippen LogP contribution in [0.4, 0.5) is 5.69 Å². The number of anilines is 1. The van der Waals surface area contributed by atoms with Crippen LogP contribution in [0.2, 0.25) is 0 Å². The lowest BCUT2D eigenvalue weighted by Gasteiger charge is -2.16. The second-order valence-electron chi connectivity index (χ2n) is 4.04. The van der Waals surface area contributed by atoms with Crippen LogP contribution in [-0.2, 0) is 0 Å². The highest BCUT2D eigenvalue weighted by Gasteiger charge is 2.15. The van der Waals surface area contributed by atoms with Gasteiger partial charge in [-0.3, -0.25) is 0 Å². The van der Waals surface area contributed by atoms with Gasteiger partial charge >= 0.3 is 0 Å². The lowest BCUT2D eigenvalue weighted by atomic mass is 10.1. The lowest BCUT2D eigenvalue weighted by Crippen LogP contribution is -2.19. The normalized spacial score (nSPS) is 16.5. The van der Waals surface area contributed by atoms with Gasteiger partial charge in [-0.05, 0) is 25.0 Å². The summed E-state index contributed by atoms with van der Waals surface area (Å²) in [5.74, 6) is 0. The van der Waals surface area contributed by atoms with E-state index in [1.165, 1.54) is 25.7 Å². The van der Waals surface area contributed by atoms with Gasteiger partial charge in [-0.1, -0.05) is 37.2 Å². The summed E-state index contributed by atoms with van der Waals surface area (Å²) in [4.78, 5) is 0.469. The van der Waals surface area contributed by atoms with Crippen molar-refractivity contribution in [3.8, 4) is 0 Å². The first-order valence-electron chi connectivity index (χ1n) is 5.43. The van der Waals surface area contributed by atoms with Gasteiger partial charge in [0.25, 0.3) is 0 Å². The summed E-state index contributed by atoms with van der Waals surface area (Å²) < 4.78 is 0. The summed E-state index contributed by atoms with van der Waals surface area (Å²) in [5.41, 5.74) is 7.72. The monoisotopic (exact) mass is 220 g/mol. The molecular formula is C12H16N2S. The van der Waals surface area contributed by atoms with E-state index in [-0.39, 0.29) is 0 Å². The molecule has 3 N–H and O–H groups in total. The Bertz CT molecular complexity index is 356. The number of hydrogen-bond donors (Lipinski definition) is 2. The van der Waals surface area contributed by atoms with Crippen molar-refractivity contribution in [2.24, 2.45) is 5.73 Å². The van der Waals surface area contributed by atoms with Crippen LogP contribution >= 0.6 is 12.2 Å². The predicted molar refractivity (Wildman–Crippen MR) is 68.2 cm³/mol. The van der Waals surface area contributed by atoms with Crippen LogP contribution < -0.4 is 11.1 Å². The summed E-state index contributed by atoms with van der Waals surface area (Å²) in [7, 11) is 0. The SMILES string of the molecule is NC(=S)c1ccccc1NC1CCCC1. The first kappa shape index (κ1) is 10.4. The molecule has 2 rings (SSSR count). The van der Waals surface area contributed by atoms with Gasteiger partial charge in [0.15, 0.2) is 0 Å². The molecule has 0 heterocycles. The fourth-order valence-corrected chi connectivity index (χ4v) is 2.29. The van der Waals surface area contributed by atoms with Crippen LogP contribution in [0.25, 0.3) is 0 Å². The molecule has 0 saturated heterocycles. The molecule has 0 atom stereocenters. The molecule has 0 aromatic heterocycles. The number of thiocarbonyl (C=S) groups is 1. The predicted octanol–water partition coefficient (Wildman–Crippen LogP) is 2.68. The maximum absolute atomic E-state index is 5.68. The molecular weight excluding hydrogens is 204 g/mol. The van der Waals surface area contributed by atoms with E-state index in [2.05, 4.69) is 5.32 Å². The highest BCUT2D eigenvalue weighted by Crippen LogP contribution is 2.24. The molecule has 1 aliphatic rings. The molecule has 0 aliphatic heterocycles. The topological polar surface area (TPSA) is 38.0 Å². The van der Waals surface area contributed by atoms with Gasteiger partial charge in [0.1, 0.15) is 4.99 Å².